The van der Waals surface area contributed by atoms with E-state index in [1.54, 1.807) is 6.92 Å². The molecule has 1 saturated heterocycles. The molecule has 7 heteroatoms. The van der Waals surface area contributed by atoms with Gasteiger partial charge in [0.05, 0.1) is 17.7 Å². The van der Waals surface area contributed by atoms with Crippen LogP contribution in [-0.4, -0.2) is 40.3 Å². The molecule has 1 aromatic heterocycles. The summed E-state index contributed by atoms with van der Waals surface area (Å²) < 4.78 is 35.0. The summed E-state index contributed by atoms with van der Waals surface area (Å²) in [6, 6.07) is 3.54. The third-order valence-electron chi connectivity index (χ3n) is 5.67. The molecule has 3 rings (SSSR count). The van der Waals surface area contributed by atoms with E-state index in [2.05, 4.69) is 10.00 Å². The minimum absolute atomic E-state index is 0.196. The zero-order valence-electron chi connectivity index (χ0n) is 17.4. The molecule has 1 atom stereocenters. The van der Waals surface area contributed by atoms with E-state index in [1.165, 1.54) is 12.1 Å². The van der Waals surface area contributed by atoms with Crippen LogP contribution >= 0.6 is 0 Å². The summed E-state index contributed by atoms with van der Waals surface area (Å²) in [5.74, 6) is -1.55. The average molecular weight is 405 g/mol. The monoisotopic (exact) mass is 405 g/mol. The van der Waals surface area contributed by atoms with Crippen molar-refractivity contribution in [2.45, 2.75) is 53.1 Å². The molecule has 2 aromatic rings. The molecular formula is C22H29F2N3O2. The molecule has 1 aliphatic heterocycles. The lowest BCUT2D eigenvalue weighted by atomic mass is 9.74. The lowest BCUT2D eigenvalue weighted by Gasteiger charge is -2.41. The molecule has 0 spiro atoms. The highest BCUT2D eigenvalue weighted by atomic mass is 19.1. The van der Waals surface area contributed by atoms with Crippen LogP contribution in [0.15, 0.2) is 24.4 Å². The first-order chi connectivity index (χ1) is 13.9. The number of esters is 1. The van der Waals surface area contributed by atoms with Gasteiger partial charge in [-0.15, -0.1) is 0 Å². The Morgan fingerprint density at radius 3 is 2.72 bits per heavy atom. The molecule has 0 N–H and O–H groups in total. The largest absolute Gasteiger partial charge is 0.466 e. The van der Waals surface area contributed by atoms with Crippen LogP contribution in [-0.2, 0) is 29.0 Å². The van der Waals surface area contributed by atoms with Crippen molar-refractivity contribution in [2.75, 3.05) is 19.7 Å². The van der Waals surface area contributed by atoms with Crippen LogP contribution in [0.4, 0.5) is 8.78 Å². The van der Waals surface area contributed by atoms with Gasteiger partial charge in [0.2, 0.25) is 0 Å². The lowest BCUT2D eigenvalue weighted by molar-refractivity contribution is -0.159. The van der Waals surface area contributed by atoms with Gasteiger partial charge in [-0.25, -0.2) is 8.78 Å². The Morgan fingerprint density at radius 2 is 2.07 bits per heavy atom. The summed E-state index contributed by atoms with van der Waals surface area (Å²) in [6.07, 6.45) is 3.66. The zero-order valence-corrected chi connectivity index (χ0v) is 17.4. The molecule has 0 radical (unpaired) electrons. The molecule has 0 unspecified atom stereocenters. The summed E-state index contributed by atoms with van der Waals surface area (Å²) >= 11 is 0. The molecule has 1 aliphatic rings. The first-order valence-electron chi connectivity index (χ1n) is 10.2. The van der Waals surface area contributed by atoms with Crippen LogP contribution in [0.1, 0.15) is 43.5 Å². The third-order valence-corrected chi connectivity index (χ3v) is 5.67. The van der Waals surface area contributed by atoms with E-state index in [9.17, 15) is 13.6 Å². The molecule has 5 nitrogen and oxygen atoms in total. The number of aryl methyl sites for hydroxylation is 2. The smallest absolute Gasteiger partial charge is 0.313 e. The minimum Gasteiger partial charge on any atom is -0.466 e. The molecule has 1 fully saturated rings. The van der Waals surface area contributed by atoms with Gasteiger partial charge in [-0.3, -0.25) is 14.4 Å². The van der Waals surface area contributed by atoms with E-state index in [0.29, 0.717) is 25.1 Å². The van der Waals surface area contributed by atoms with Gasteiger partial charge in [0.15, 0.2) is 0 Å². The number of rotatable bonds is 7. The van der Waals surface area contributed by atoms with E-state index in [4.69, 9.17) is 4.74 Å². The highest BCUT2D eigenvalue weighted by Gasteiger charge is 2.44. The first kappa shape index (κ1) is 21.4. The van der Waals surface area contributed by atoms with Crippen molar-refractivity contribution >= 4 is 5.97 Å². The number of ether oxygens (including phenoxy) is 1. The SMILES string of the molecule is CCOC(=O)[C@]1(Cc2ccc(F)cc2F)CCCN(Cc2cn(CC)nc2C)C1. The van der Waals surface area contributed by atoms with E-state index < -0.39 is 17.0 Å². The van der Waals surface area contributed by atoms with Crippen LogP contribution in [0.2, 0.25) is 0 Å². The highest BCUT2D eigenvalue weighted by molar-refractivity contribution is 5.77. The van der Waals surface area contributed by atoms with Crippen molar-refractivity contribution in [1.29, 1.82) is 0 Å². The van der Waals surface area contributed by atoms with Crippen LogP contribution in [0.5, 0.6) is 0 Å². The van der Waals surface area contributed by atoms with Crippen molar-refractivity contribution in [2.24, 2.45) is 5.41 Å². The second-order valence-electron chi connectivity index (χ2n) is 7.82. The van der Waals surface area contributed by atoms with Gasteiger partial charge in [-0.1, -0.05) is 6.07 Å². The summed E-state index contributed by atoms with van der Waals surface area (Å²) in [5.41, 5.74) is 1.60. The Kier molecular flexibility index (Phi) is 6.67. The fourth-order valence-corrected chi connectivity index (χ4v) is 4.18. The molecule has 0 bridgehead atoms. The topological polar surface area (TPSA) is 47.4 Å². The zero-order chi connectivity index (χ0) is 21.0. The van der Waals surface area contributed by atoms with Crippen LogP contribution in [0.3, 0.4) is 0 Å². The second kappa shape index (κ2) is 9.03. The predicted octanol–water partition coefficient (Wildman–Crippen LogP) is 3.88. The van der Waals surface area contributed by atoms with Crippen LogP contribution < -0.4 is 0 Å². The van der Waals surface area contributed by atoms with E-state index in [0.717, 1.165) is 36.8 Å². The Hall–Kier alpha value is -2.28. The lowest BCUT2D eigenvalue weighted by Crippen LogP contribution is -2.49. The highest BCUT2D eigenvalue weighted by Crippen LogP contribution is 2.36. The van der Waals surface area contributed by atoms with Crippen molar-refractivity contribution in [3.05, 3.63) is 52.9 Å². The van der Waals surface area contributed by atoms with Gasteiger partial charge < -0.3 is 4.74 Å². The molecule has 0 aliphatic carbocycles. The Balaban J connectivity index is 1.85. The quantitative estimate of drug-likeness (QED) is 0.656. The predicted molar refractivity (Wildman–Crippen MR) is 106 cm³/mol. The standard InChI is InChI=1S/C22H29F2N3O2/c1-4-27-14-18(16(3)25-27)13-26-10-6-9-22(15-26,21(28)29-5-2)12-17-7-8-19(23)11-20(17)24/h7-8,11,14H,4-6,9-10,12-13,15H2,1-3H3/t22-/m0/s1. The summed E-state index contributed by atoms with van der Waals surface area (Å²) in [4.78, 5) is 15.2. The minimum atomic E-state index is -0.846. The maximum atomic E-state index is 14.3. The van der Waals surface area contributed by atoms with Gasteiger partial charge in [-0.05, 0) is 58.2 Å². The van der Waals surface area contributed by atoms with Gasteiger partial charge in [-0.2, -0.15) is 5.10 Å². The average Bonchev–Trinajstić information content (AvgIpc) is 3.04. The summed E-state index contributed by atoms with van der Waals surface area (Å²) in [5, 5.41) is 4.50. The Morgan fingerprint density at radius 1 is 1.28 bits per heavy atom. The van der Waals surface area contributed by atoms with Crippen molar-refractivity contribution in [1.82, 2.24) is 14.7 Å². The number of aromatic nitrogens is 2. The van der Waals surface area contributed by atoms with E-state index in [-0.39, 0.29) is 19.0 Å². The maximum absolute atomic E-state index is 14.3. The van der Waals surface area contributed by atoms with Gasteiger partial charge >= 0.3 is 5.97 Å². The number of hydrogen-bond acceptors (Lipinski definition) is 4. The summed E-state index contributed by atoms with van der Waals surface area (Å²) in [6.45, 7) is 8.87. The number of hydrogen-bond donors (Lipinski definition) is 0. The third kappa shape index (κ3) is 4.83. The van der Waals surface area contributed by atoms with Gasteiger partial charge in [0.25, 0.3) is 0 Å². The molecule has 0 amide bonds. The Labute approximate surface area is 170 Å². The molecule has 158 valence electrons. The van der Waals surface area contributed by atoms with Crippen LogP contribution in [0, 0.1) is 24.0 Å². The first-order valence-corrected chi connectivity index (χ1v) is 10.2. The van der Waals surface area contributed by atoms with Crippen molar-refractivity contribution in [3.8, 4) is 0 Å². The number of halogens is 2. The second-order valence-corrected chi connectivity index (χ2v) is 7.82. The van der Waals surface area contributed by atoms with Crippen LogP contribution in [0.25, 0.3) is 0 Å². The molecule has 2 heterocycles. The number of carbonyl (C=O) groups excluding carboxylic acids is 1. The van der Waals surface area contributed by atoms with Crippen molar-refractivity contribution < 1.29 is 18.3 Å². The number of piperidine rings is 1. The number of carbonyl (C=O) groups is 1. The molecular weight excluding hydrogens is 376 g/mol. The van der Waals surface area contributed by atoms with E-state index in [1.807, 2.05) is 24.7 Å². The number of benzene rings is 1. The maximum Gasteiger partial charge on any atom is 0.313 e. The van der Waals surface area contributed by atoms with Crippen molar-refractivity contribution in [3.63, 3.8) is 0 Å². The Bertz CT molecular complexity index is 868. The van der Waals surface area contributed by atoms with Gasteiger partial charge in [0.1, 0.15) is 11.6 Å². The molecule has 1 aromatic carbocycles. The molecule has 0 saturated carbocycles. The fraction of sp³-hybridized carbons (Fsp3) is 0.545. The number of nitrogens with zero attached hydrogens (tertiary/aromatic N) is 3. The molecule has 29 heavy (non-hydrogen) atoms. The number of likely N-dealkylation sites (tertiary alicyclic amines) is 1. The van der Waals surface area contributed by atoms with E-state index >= 15 is 0 Å². The van der Waals surface area contributed by atoms with Gasteiger partial charge in [0, 0.05) is 37.5 Å². The fourth-order valence-electron chi connectivity index (χ4n) is 4.18. The summed E-state index contributed by atoms with van der Waals surface area (Å²) in [7, 11) is 0. The normalized spacial score (nSPS) is 20.0.